The topological polar surface area (TPSA) is 9.86 Å². The van der Waals surface area contributed by atoms with Gasteiger partial charge in [0.1, 0.15) is 0 Å². The Hall–Kier alpha value is -10.0. The molecular formula is C75H46N2. The summed E-state index contributed by atoms with van der Waals surface area (Å²) in [5.41, 5.74) is 24.4. The third-order valence-corrected chi connectivity index (χ3v) is 17.3. The molecule has 0 radical (unpaired) electrons. The van der Waals surface area contributed by atoms with Crippen LogP contribution in [0.15, 0.2) is 279 Å². The predicted molar refractivity (Wildman–Crippen MR) is 323 cm³/mol. The summed E-state index contributed by atoms with van der Waals surface area (Å²) < 4.78 is 4.87. The SMILES string of the molecule is c1ccc(-n2c3ccccc3c3ccc(-c4cccc5c(-c6cccc7c6C6(c8ccccc8-c8ccccc86)c6ccccc6-7)c6cccc(-c7ccc8c9ccccc9n(-c9ccccc9)c8c7)c6cc45)cc32)cc1. The minimum Gasteiger partial charge on any atom is -0.309 e. The van der Waals surface area contributed by atoms with Crippen molar-refractivity contribution in [1.82, 2.24) is 9.13 Å². The van der Waals surface area contributed by atoms with E-state index in [9.17, 15) is 0 Å². The smallest absolute Gasteiger partial charge is 0.0731 e. The molecule has 0 saturated carbocycles. The maximum atomic E-state index is 2.51. The van der Waals surface area contributed by atoms with E-state index in [1.807, 2.05) is 0 Å². The lowest BCUT2D eigenvalue weighted by Crippen LogP contribution is -2.26. The summed E-state index contributed by atoms with van der Waals surface area (Å²) in [4.78, 5) is 0. The van der Waals surface area contributed by atoms with Gasteiger partial charge in [-0.25, -0.2) is 0 Å². The lowest BCUT2D eigenvalue weighted by Gasteiger charge is -2.32. The summed E-state index contributed by atoms with van der Waals surface area (Å²) in [7, 11) is 0. The van der Waals surface area contributed by atoms with E-state index in [-0.39, 0.29) is 0 Å². The molecule has 2 heteroatoms. The Labute approximate surface area is 445 Å². The van der Waals surface area contributed by atoms with Crippen LogP contribution >= 0.6 is 0 Å². The largest absolute Gasteiger partial charge is 0.309 e. The van der Waals surface area contributed by atoms with E-state index in [4.69, 9.17) is 0 Å². The van der Waals surface area contributed by atoms with Gasteiger partial charge in [0, 0.05) is 32.9 Å². The molecule has 77 heavy (non-hydrogen) atoms. The van der Waals surface area contributed by atoms with Gasteiger partial charge in [0.05, 0.1) is 27.5 Å². The summed E-state index contributed by atoms with van der Waals surface area (Å²) >= 11 is 0. The third kappa shape index (κ3) is 5.74. The van der Waals surface area contributed by atoms with Crippen molar-refractivity contribution in [3.63, 3.8) is 0 Å². The fraction of sp³-hybridized carbons (Fsp3) is 0.0133. The Balaban J connectivity index is 0.998. The van der Waals surface area contributed by atoms with Crippen molar-refractivity contribution in [3.8, 4) is 67.0 Å². The van der Waals surface area contributed by atoms with Crippen molar-refractivity contribution >= 4 is 65.2 Å². The first-order chi connectivity index (χ1) is 38.2. The van der Waals surface area contributed by atoms with Crippen LogP contribution < -0.4 is 0 Å². The minimum atomic E-state index is -0.537. The number of hydrogen-bond donors (Lipinski definition) is 0. The van der Waals surface area contributed by atoms with E-state index in [0.29, 0.717) is 0 Å². The molecule has 0 bridgehead atoms. The van der Waals surface area contributed by atoms with Crippen LogP contribution in [0, 0.1) is 0 Å². The summed E-state index contributed by atoms with van der Waals surface area (Å²) in [6.45, 7) is 0. The standard InChI is InChI=1S/C75H46N2/c1-3-20-49(21-4-1)76-69-38-15-10-27-56(69)58-42-40-47(44-71(58)76)51-29-17-31-60-64(51)46-65-52(48-41-43-59-57-28-11-16-39-70(57)77(72(59)45-48)50-22-5-2-6-23-50)30-18-32-61(65)73(60)63-34-19-33-62-55-26-9-14-37-68(55)75(74(62)63)66-35-12-7-24-53(66)54-25-8-13-36-67(54)75/h1-46H. The second kappa shape index (κ2) is 16.0. The molecule has 17 rings (SSSR count). The van der Waals surface area contributed by atoms with Gasteiger partial charge in [-0.3, -0.25) is 0 Å². The maximum absolute atomic E-state index is 2.51. The highest BCUT2D eigenvalue weighted by Gasteiger charge is 2.52. The zero-order valence-electron chi connectivity index (χ0n) is 42.0. The first-order valence-corrected chi connectivity index (χ1v) is 26.8. The number of hydrogen-bond acceptors (Lipinski definition) is 0. The number of rotatable bonds is 5. The van der Waals surface area contributed by atoms with Crippen LogP contribution in [0.5, 0.6) is 0 Å². The average Bonchev–Trinajstić information content (AvgIpc) is 4.30. The highest BCUT2D eigenvalue weighted by molar-refractivity contribution is 6.21. The van der Waals surface area contributed by atoms with E-state index in [1.54, 1.807) is 0 Å². The van der Waals surface area contributed by atoms with E-state index < -0.39 is 5.41 Å². The van der Waals surface area contributed by atoms with Gasteiger partial charge in [0.25, 0.3) is 0 Å². The Morgan fingerprint density at radius 3 is 1.09 bits per heavy atom. The molecule has 0 unspecified atom stereocenters. The van der Waals surface area contributed by atoms with Gasteiger partial charge in [0.15, 0.2) is 0 Å². The molecule has 0 atom stereocenters. The summed E-state index contributed by atoms with van der Waals surface area (Å²) in [5, 5.41) is 9.89. The van der Waals surface area contributed by atoms with Gasteiger partial charge >= 0.3 is 0 Å². The van der Waals surface area contributed by atoms with Crippen LogP contribution in [0.4, 0.5) is 0 Å². The number of para-hydroxylation sites is 4. The molecule has 1 spiro atoms. The normalized spacial score (nSPS) is 13.0. The number of benzene rings is 13. The van der Waals surface area contributed by atoms with E-state index in [2.05, 4.69) is 288 Å². The molecule has 0 fully saturated rings. The second-order valence-corrected chi connectivity index (χ2v) is 21.0. The average molecular weight is 975 g/mol. The Bertz CT molecular complexity index is 4700. The predicted octanol–water partition coefficient (Wildman–Crippen LogP) is 19.5. The Morgan fingerprint density at radius 1 is 0.221 bits per heavy atom. The molecule has 2 aliphatic carbocycles. The van der Waals surface area contributed by atoms with Crippen LogP contribution in [0.25, 0.3) is 132 Å². The van der Waals surface area contributed by atoms with Crippen LogP contribution in [-0.4, -0.2) is 9.13 Å². The van der Waals surface area contributed by atoms with E-state index in [1.165, 1.54) is 143 Å². The molecule has 0 N–H and O–H groups in total. The lowest BCUT2D eigenvalue weighted by atomic mass is 9.68. The molecule has 0 aliphatic heterocycles. The molecule has 2 aliphatic rings. The van der Waals surface area contributed by atoms with Gasteiger partial charge in [-0.1, -0.05) is 224 Å². The molecular weight excluding hydrogens is 929 g/mol. The van der Waals surface area contributed by atoms with Gasteiger partial charge in [-0.15, -0.1) is 0 Å². The van der Waals surface area contributed by atoms with Gasteiger partial charge in [0.2, 0.25) is 0 Å². The van der Waals surface area contributed by atoms with Crippen LogP contribution in [0.1, 0.15) is 22.3 Å². The first kappa shape index (κ1) is 42.3. The number of fused-ring (bicyclic) bond motifs is 18. The monoisotopic (exact) mass is 974 g/mol. The summed E-state index contributed by atoms with van der Waals surface area (Å²) in [5.74, 6) is 0. The fourth-order valence-electron chi connectivity index (χ4n) is 14.3. The molecule has 356 valence electrons. The van der Waals surface area contributed by atoms with Crippen molar-refractivity contribution < 1.29 is 0 Å². The summed E-state index contributed by atoms with van der Waals surface area (Å²) in [6, 6.07) is 105. The van der Waals surface area contributed by atoms with Gasteiger partial charge < -0.3 is 9.13 Å². The molecule has 2 heterocycles. The van der Waals surface area contributed by atoms with Crippen LogP contribution in [-0.2, 0) is 5.41 Å². The zero-order valence-corrected chi connectivity index (χ0v) is 42.0. The second-order valence-electron chi connectivity index (χ2n) is 21.0. The number of aromatic nitrogens is 2. The summed E-state index contributed by atoms with van der Waals surface area (Å²) in [6.07, 6.45) is 0. The Kier molecular flexibility index (Phi) is 8.80. The van der Waals surface area contributed by atoms with Crippen molar-refractivity contribution in [2.24, 2.45) is 0 Å². The highest BCUT2D eigenvalue weighted by Crippen LogP contribution is 2.65. The zero-order chi connectivity index (χ0) is 50.3. The molecule has 2 nitrogen and oxygen atoms in total. The highest BCUT2D eigenvalue weighted by atomic mass is 15.0. The van der Waals surface area contributed by atoms with Crippen molar-refractivity contribution in [3.05, 3.63) is 301 Å². The van der Waals surface area contributed by atoms with Crippen molar-refractivity contribution in [2.45, 2.75) is 5.41 Å². The molecule has 0 amide bonds. The number of nitrogens with zero attached hydrogens (tertiary/aromatic N) is 2. The van der Waals surface area contributed by atoms with Gasteiger partial charge in [-0.2, -0.15) is 0 Å². The minimum absolute atomic E-state index is 0.537. The third-order valence-electron chi connectivity index (χ3n) is 17.3. The maximum Gasteiger partial charge on any atom is 0.0731 e. The van der Waals surface area contributed by atoms with Crippen molar-refractivity contribution in [1.29, 1.82) is 0 Å². The van der Waals surface area contributed by atoms with Crippen LogP contribution in [0.2, 0.25) is 0 Å². The van der Waals surface area contributed by atoms with E-state index >= 15 is 0 Å². The molecule has 2 aromatic heterocycles. The molecule has 0 saturated heterocycles. The van der Waals surface area contributed by atoms with Crippen LogP contribution in [0.3, 0.4) is 0 Å². The van der Waals surface area contributed by atoms with E-state index in [0.717, 1.165) is 11.4 Å². The fourth-order valence-corrected chi connectivity index (χ4v) is 14.3. The molecule has 15 aromatic rings. The van der Waals surface area contributed by atoms with Gasteiger partial charge in [-0.05, 0) is 154 Å². The lowest BCUT2D eigenvalue weighted by molar-refractivity contribution is 0.796. The first-order valence-electron chi connectivity index (χ1n) is 26.8. The van der Waals surface area contributed by atoms with Crippen molar-refractivity contribution in [2.75, 3.05) is 0 Å². The molecule has 13 aromatic carbocycles. The quantitative estimate of drug-likeness (QED) is 0.152. The Morgan fingerprint density at radius 2 is 0.584 bits per heavy atom.